The van der Waals surface area contributed by atoms with E-state index in [2.05, 4.69) is 0 Å². The summed E-state index contributed by atoms with van der Waals surface area (Å²) in [7, 11) is 0. The molecule has 0 spiro atoms. The monoisotopic (exact) mass is 314 g/mol. The molecule has 2 rings (SSSR count). The van der Waals surface area contributed by atoms with Gasteiger partial charge in [0.2, 0.25) is 0 Å². The van der Waals surface area contributed by atoms with Gasteiger partial charge in [0, 0.05) is 0 Å². The van der Waals surface area contributed by atoms with E-state index in [4.69, 9.17) is 14.2 Å². The molecule has 0 aromatic heterocycles. The lowest BCUT2D eigenvalue weighted by molar-refractivity contribution is -0.145. The van der Waals surface area contributed by atoms with Gasteiger partial charge in [-0.15, -0.1) is 0 Å². The van der Waals surface area contributed by atoms with Crippen LogP contribution in [0.4, 0.5) is 0 Å². The number of rotatable bonds is 8. The molecule has 0 atom stereocenters. The van der Waals surface area contributed by atoms with Crippen LogP contribution < -0.4 is 9.47 Å². The third kappa shape index (κ3) is 4.85. The Balaban J connectivity index is 2.11. The highest BCUT2D eigenvalue weighted by Gasteiger charge is 2.13. The third-order valence-corrected chi connectivity index (χ3v) is 3.01. The summed E-state index contributed by atoms with van der Waals surface area (Å²) in [5.41, 5.74) is 1.31. The predicted octanol–water partition coefficient (Wildman–Crippen LogP) is 3.02. The molecule has 0 radical (unpaired) electrons. The maximum atomic E-state index is 11.4. The van der Waals surface area contributed by atoms with E-state index >= 15 is 0 Å². The van der Waals surface area contributed by atoms with Crippen molar-refractivity contribution in [3.8, 4) is 11.5 Å². The molecule has 5 nitrogen and oxygen atoms in total. The van der Waals surface area contributed by atoms with Crippen molar-refractivity contribution < 1.29 is 23.8 Å². The summed E-state index contributed by atoms with van der Waals surface area (Å²) >= 11 is 0. The first-order valence-corrected chi connectivity index (χ1v) is 7.28. The molecule has 0 fully saturated rings. The molecule has 120 valence electrons. The Hall–Kier alpha value is -2.82. The topological polar surface area (TPSA) is 61.8 Å². The summed E-state index contributed by atoms with van der Waals surface area (Å²) < 4.78 is 16.0. The number of para-hydroxylation sites is 1. The van der Waals surface area contributed by atoms with Gasteiger partial charge in [0.15, 0.2) is 24.4 Å². The van der Waals surface area contributed by atoms with Crippen molar-refractivity contribution in [3.63, 3.8) is 0 Å². The van der Waals surface area contributed by atoms with Gasteiger partial charge in [-0.25, -0.2) is 4.79 Å². The highest BCUT2D eigenvalue weighted by atomic mass is 16.6. The van der Waals surface area contributed by atoms with Gasteiger partial charge < -0.3 is 14.2 Å². The smallest absolute Gasteiger partial charge is 0.344 e. The van der Waals surface area contributed by atoms with E-state index in [-0.39, 0.29) is 19.0 Å². The number of hydrogen-bond acceptors (Lipinski definition) is 5. The van der Waals surface area contributed by atoms with E-state index in [9.17, 15) is 9.59 Å². The summed E-state index contributed by atoms with van der Waals surface area (Å²) in [6.45, 7) is 2.04. The van der Waals surface area contributed by atoms with Gasteiger partial charge in [-0.3, -0.25) is 4.79 Å². The van der Waals surface area contributed by atoms with E-state index in [1.807, 2.05) is 30.3 Å². The molecule has 2 aromatic rings. The van der Waals surface area contributed by atoms with E-state index in [0.29, 0.717) is 24.2 Å². The van der Waals surface area contributed by atoms with Gasteiger partial charge >= 0.3 is 5.97 Å². The molecular formula is C18H18O5. The number of esters is 1. The van der Waals surface area contributed by atoms with Crippen LogP contribution >= 0.6 is 0 Å². The fraction of sp³-hybridized carbons (Fsp3) is 0.222. The molecule has 0 aliphatic rings. The molecule has 5 heteroatoms. The highest BCUT2D eigenvalue weighted by Crippen LogP contribution is 2.31. The summed E-state index contributed by atoms with van der Waals surface area (Å²) in [5.74, 6) is 0.149. The Morgan fingerprint density at radius 3 is 2.52 bits per heavy atom. The molecular weight excluding hydrogens is 296 g/mol. The maximum absolute atomic E-state index is 11.4. The van der Waals surface area contributed by atoms with Crippen molar-refractivity contribution >= 4 is 12.3 Å². The van der Waals surface area contributed by atoms with Crippen molar-refractivity contribution in [2.24, 2.45) is 0 Å². The molecule has 0 aliphatic carbocycles. The quantitative estimate of drug-likeness (QED) is 0.553. The number of hydrogen-bond donors (Lipinski definition) is 0. The van der Waals surface area contributed by atoms with Gasteiger partial charge in [0.25, 0.3) is 0 Å². The zero-order chi connectivity index (χ0) is 16.5. The zero-order valence-electron chi connectivity index (χ0n) is 12.9. The Labute approximate surface area is 134 Å². The second-order valence-corrected chi connectivity index (χ2v) is 4.66. The second kappa shape index (κ2) is 8.58. The maximum Gasteiger partial charge on any atom is 0.344 e. The fourth-order valence-electron chi connectivity index (χ4n) is 1.96. The van der Waals surface area contributed by atoms with Crippen molar-refractivity contribution in [3.05, 3.63) is 59.7 Å². The summed E-state index contributed by atoms with van der Waals surface area (Å²) in [5, 5.41) is 0. The van der Waals surface area contributed by atoms with Crippen LogP contribution in [0.15, 0.2) is 48.5 Å². The SMILES string of the molecule is CCOC(=O)COc1c(C=O)cccc1OCc1ccccc1. The fourth-order valence-corrected chi connectivity index (χ4v) is 1.96. The minimum atomic E-state index is -0.498. The van der Waals surface area contributed by atoms with Gasteiger partial charge in [0.1, 0.15) is 6.61 Å². The number of ether oxygens (including phenoxy) is 3. The Bertz CT molecular complexity index is 652. The number of aldehydes is 1. The summed E-state index contributed by atoms with van der Waals surface area (Å²) in [6, 6.07) is 14.6. The van der Waals surface area contributed by atoms with Crippen LogP contribution in [0, 0.1) is 0 Å². The number of carbonyl (C=O) groups excluding carboxylic acids is 2. The van der Waals surface area contributed by atoms with Gasteiger partial charge in [-0.2, -0.15) is 0 Å². The molecule has 0 amide bonds. The predicted molar refractivity (Wildman–Crippen MR) is 84.7 cm³/mol. The lowest BCUT2D eigenvalue weighted by atomic mass is 10.2. The largest absolute Gasteiger partial charge is 0.485 e. The van der Waals surface area contributed by atoms with Crippen molar-refractivity contribution in [2.75, 3.05) is 13.2 Å². The first kappa shape index (κ1) is 16.5. The van der Waals surface area contributed by atoms with Crippen LogP contribution in [0.25, 0.3) is 0 Å². The summed E-state index contributed by atoms with van der Waals surface area (Å²) in [6.07, 6.45) is 0.663. The van der Waals surface area contributed by atoms with Crippen molar-refractivity contribution in [1.29, 1.82) is 0 Å². The lowest BCUT2D eigenvalue weighted by Crippen LogP contribution is -2.15. The van der Waals surface area contributed by atoms with Crippen molar-refractivity contribution in [2.45, 2.75) is 13.5 Å². The standard InChI is InChI=1S/C18H18O5/c1-2-21-17(20)13-23-18-15(11-19)9-6-10-16(18)22-12-14-7-4-3-5-8-14/h3-11H,2,12-13H2,1H3. The van der Waals surface area contributed by atoms with E-state index in [1.165, 1.54) is 0 Å². The first-order valence-electron chi connectivity index (χ1n) is 7.28. The van der Waals surface area contributed by atoms with Gasteiger partial charge in [-0.05, 0) is 24.6 Å². The normalized spacial score (nSPS) is 9.96. The molecule has 2 aromatic carbocycles. The lowest BCUT2D eigenvalue weighted by Gasteiger charge is -2.14. The van der Waals surface area contributed by atoms with E-state index in [0.717, 1.165) is 5.56 Å². The molecule has 0 saturated heterocycles. The van der Waals surface area contributed by atoms with Crippen LogP contribution in [0.1, 0.15) is 22.8 Å². The molecule has 0 heterocycles. The summed E-state index contributed by atoms with van der Waals surface area (Å²) in [4.78, 5) is 22.6. The highest BCUT2D eigenvalue weighted by molar-refractivity contribution is 5.81. The number of benzene rings is 2. The van der Waals surface area contributed by atoms with Crippen molar-refractivity contribution in [1.82, 2.24) is 0 Å². The minimum Gasteiger partial charge on any atom is -0.485 e. The molecule has 0 unspecified atom stereocenters. The Morgan fingerprint density at radius 1 is 1.04 bits per heavy atom. The molecule has 0 saturated carbocycles. The van der Waals surface area contributed by atoms with Crippen LogP contribution in [-0.2, 0) is 16.1 Å². The Morgan fingerprint density at radius 2 is 1.83 bits per heavy atom. The average Bonchev–Trinajstić information content (AvgIpc) is 2.59. The zero-order valence-corrected chi connectivity index (χ0v) is 12.9. The first-order chi connectivity index (χ1) is 11.2. The van der Waals surface area contributed by atoms with Crippen LogP contribution in [-0.4, -0.2) is 25.5 Å². The van der Waals surface area contributed by atoms with E-state index < -0.39 is 5.97 Å². The average molecular weight is 314 g/mol. The van der Waals surface area contributed by atoms with Gasteiger partial charge in [0.05, 0.1) is 12.2 Å². The third-order valence-electron chi connectivity index (χ3n) is 3.01. The molecule has 0 N–H and O–H groups in total. The van der Waals surface area contributed by atoms with Crippen LogP contribution in [0.3, 0.4) is 0 Å². The van der Waals surface area contributed by atoms with Gasteiger partial charge in [-0.1, -0.05) is 36.4 Å². The minimum absolute atomic E-state index is 0.242. The molecule has 0 aliphatic heterocycles. The van der Waals surface area contributed by atoms with E-state index in [1.54, 1.807) is 25.1 Å². The molecule has 0 bridgehead atoms. The Kier molecular flexibility index (Phi) is 6.17. The number of carbonyl (C=O) groups is 2. The van der Waals surface area contributed by atoms with Crippen LogP contribution in [0.2, 0.25) is 0 Å². The second-order valence-electron chi connectivity index (χ2n) is 4.66. The molecule has 23 heavy (non-hydrogen) atoms. The van der Waals surface area contributed by atoms with Crippen LogP contribution in [0.5, 0.6) is 11.5 Å².